The number of para-hydroxylation sites is 1. The number of benzene rings is 2. The Morgan fingerprint density at radius 2 is 1.65 bits per heavy atom. The van der Waals surface area contributed by atoms with Crippen LogP contribution in [0.5, 0.6) is 0 Å². The van der Waals surface area contributed by atoms with E-state index < -0.39 is 43.5 Å². The van der Waals surface area contributed by atoms with Crippen LogP contribution in [0.15, 0.2) is 53.4 Å². The number of anilines is 1. The molecular formula is C18H21NO5S2. The quantitative estimate of drug-likeness (QED) is 0.850. The van der Waals surface area contributed by atoms with Crippen LogP contribution in [0.1, 0.15) is 11.1 Å². The van der Waals surface area contributed by atoms with Crippen molar-refractivity contribution in [2.45, 2.75) is 30.9 Å². The van der Waals surface area contributed by atoms with Gasteiger partial charge in [-0.3, -0.25) is 4.31 Å². The second-order valence-electron chi connectivity index (χ2n) is 6.59. The standard InChI is InChI=1S/C18H21NO5S2/c1-13-8-9-16(10-14(13)2)26(23,24)19(15-6-4-3-5-7-15)17-11-25(21,22)12-18(17)20/h3-10,17-18,20H,11-12H2,1-2H3/t17-,18-/m1/s1. The van der Waals surface area contributed by atoms with Gasteiger partial charge in [0.15, 0.2) is 9.84 Å². The van der Waals surface area contributed by atoms with Crippen molar-refractivity contribution >= 4 is 25.5 Å². The predicted octanol–water partition coefficient (Wildman–Crippen LogP) is 1.66. The van der Waals surface area contributed by atoms with E-state index in [1.807, 2.05) is 13.8 Å². The summed E-state index contributed by atoms with van der Waals surface area (Å²) in [5.74, 6) is -0.851. The fourth-order valence-corrected chi connectivity index (χ4v) is 6.73. The van der Waals surface area contributed by atoms with Gasteiger partial charge in [-0.1, -0.05) is 24.3 Å². The fraction of sp³-hybridized carbons (Fsp3) is 0.333. The molecule has 0 aliphatic carbocycles. The first-order valence-corrected chi connectivity index (χ1v) is 11.4. The molecule has 140 valence electrons. The molecule has 8 heteroatoms. The predicted molar refractivity (Wildman–Crippen MR) is 100 cm³/mol. The summed E-state index contributed by atoms with van der Waals surface area (Å²) in [6.45, 7) is 3.70. The van der Waals surface area contributed by atoms with Gasteiger partial charge in [0.2, 0.25) is 0 Å². The molecule has 0 aromatic heterocycles. The van der Waals surface area contributed by atoms with E-state index in [1.165, 1.54) is 6.07 Å². The van der Waals surface area contributed by atoms with Gasteiger partial charge in [0, 0.05) is 0 Å². The van der Waals surface area contributed by atoms with Gasteiger partial charge < -0.3 is 5.11 Å². The normalized spacial score (nSPS) is 22.3. The Morgan fingerprint density at radius 1 is 1.00 bits per heavy atom. The smallest absolute Gasteiger partial charge is 0.264 e. The first-order valence-electron chi connectivity index (χ1n) is 8.17. The molecule has 1 N–H and O–H groups in total. The Balaban J connectivity index is 2.16. The van der Waals surface area contributed by atoms with E-state index in [2.05, 4.69) is 0 Å². The number of rotatable bonds is 4. The fourth-order valence-electron chi connectivity index (χ4n) is 3.11. The highest BCUT2D eigenvalue weighted by Crippen LogP contribution is 2.31. The molecule has 0 radical (unpaired) electrons. The summed E-state index contributed by atoms with van der Waals surface area (Å²) in [5, 5.41) is 10.3. The molecular weight excluding hydrogens is 374 g/mol. The lowest BCUT2D eigenvalue weighted by atomic mass is 10.1. The molecule has 1 heterocycles. The first kappa shape index (κ1) is 18.9. The number of aliphatic hydroxyl groups is 1. The van der Waals surface area contributed by atoms with Gasteiger partial charge in [-0.05, 0) is 49.2 Å². The Morgan fingerprint density at radius 3 is 2.19 bits per heavy atom. The molecule has 2 aromatic rings. The zero-order valence-electron chi connectivity index (χ0n) is 14.5. The third-order valence-electron chi connectivity index (χ3n) is 4.64. The van der Waals surface area contributed by atoms with Crippen molar-refractivity contribution in [1.29, 1.82) is 0 Å². The van der Waals surface area contributed by atoms with Gasteiger partial charge in [0.05, 0.1) is 34.2 Å². The van der Waals surface area contributed by atoms with E-state index in [-0.39, 0.29) is 4.90 Å². The number of hydrogen-bond acceptors (Lipinski definition) is 5. The highest BCUT2D eigenvalue weighted by atomic mass is 32.2. The van der Waals surface area contributed by atoms with Crippen LogP contribution < -0.4 is 4.31 Å². The topological polar surface area (TPSA) is 91.8 Å². The van der Waals surface area contributed by atoms with Gasteiger partial charge in [-0.2, -0.15) is 0 Å². The van der Waals surface area contributed by atoms with Crippen molar-refractivity contribution in [1.82, 2.24) is 0 Å². The van der Waals surface area contributed by atoms with Gasteiger partial charge >= 0.3 is 0 Å². The summed E-state index contributed by atoms with van der Waals surface area (Å²) in [4.78, 5) is 0.0703. The molecule has 3 rings (SSSR count). The van der Waals surface area contributed by atoms with E-state index in [9.17, 15) is 21.9 Å². The van der Waals surface area contributed by atoms with Crippen LogP contribution in [0.2, 0.25) is 0 Å². The Labute approximate surface area is 154 Å². The third kappa shape index (κ3) is 3.49. The van der Waals surface area contributed by atoms with E-state index in [0.29, 0.717) is 5.69 Å². The molecule has 1 aliphatic rings. The summed E-state index contributed by atoms with van der Waals surface area (Å²) in [7, 11) is -7.56. The van der Waals surface area contributed by atoms with Crippen molar-refractivity contribution in [3.63, 3.8) is 0 Å². The molecule has 1 saturated heterocycles. The minimum Gasteiger partial charge on any atom is -0.390 e. The van der Waals surface area contributed by atoms with Crippen LogP contribution >= 0.6 is 0 Å². The summed E-state index contributed by atoms with van der Waals surface area (Å²) in [5.41, 5.74) is 2.10. The van der Waals surface area contributed by atoms with Crippen molar-refractivity contribution in [3.05, 3.63) is 59.7 Å². The van der Waals surface area contributed by atoms with Crippen molar-refractivity contribution in [2.75, 3.05) is 15.8 Å². The average Bonchev–Trinajstić information content (AvgIpc) is 2.83. The molecule has 0 spiro atoms. The van der Waals surface area contributed by atoms with Crippen LogP contribution in [-0.4, -0.2) is 45.6 Å². The second kappa shape index (κ2) is 6.68. The first-order chi connectivity index (χ1) is 12.1. The average molecular weight is 396 g/mol. The second-order valence-corrected chi connectivity index (χ2v) is 10.6. The molecule has 0 unspecified atom stereocenters. The van der Waals surface area contributed by atoms with Gasteiger partial charge in [-0.15, -0.1) is 0 Å². The van der Waals surface area contributed by atoms with E-state index in [4.69, 9.17) is 0 Å². The molecule has 0 saturated carbocycles. The molecule has 2 aromatic carbocycles. The number of aryl methyl sites for hydroxylation is 2. The lowest BCUT2D eigenvalue weighted by Gasteiger charge is -2.31. The largest absolute Gasteiger partial charge is 0.390 e. The lowest BCUT2D eigenvalue weighted by molar-refractivity contribution is 0.184. The molecule has 6 nitrogen and oxygen atoms in total. The molecule has 26 heavy (non-hydrogen) atoms. The minimum atomic E-state index is -4.05. The molecule has 2 atom stereocenters. The highest BCUT2D eigenvalue weighted by Gasteiger charge is 2.45. The summed E-state index contributed by atoms with van der Waals surface area (Å²) in [6, 6.07) is 12.0. The van der Waals surface area contributed by atoms with E-state index in [1.54, 1.807) is 42.5 Å². The van der Waals surface area contributed by atoms with Crippen LogP contribution in [0.25, 0.3) is 0 Å². The van der Waals surface area contributed by atoms with Crippen molar-refractivity contribution in [2.24, 2.45) is 0 Å². The van der Waals surface area contributed by atoms with Crippen molar-refractivity contribution in [3.8, 4) is 0 Å². The van der Waals surface area contributed by atoms with Crippen LogP contribution in [-0.2, 0) is 19.9 Å². The number of aliphatic hydroxyl groups excluding tert-OH is 1. The van der Waals surface area contributed by atoms with Crippen LogP contribution in [0.4, 0.5) is 5.69 Å². The number of hydrogen-bond donors (Lipinski definition) is 1. The summed E-state index contributed by atoms with van der Waals surface area (Å²) >= 11 is 0. The maximum Gasteiger partial charge on any atom is 0.264 e. The van der Waals surface area contributed by atoms with E-state index in [0.717, 1.165) is 15.4 Å². The van der Waals surface area contributed by atoms with Crippen LogP contribution in [0.3, 0.4) is 0 Å². The zero-order chi connectivity index (χ0) is 19.1. The molecule has 0 amide bonds. The van der Waals surface area contributed by atoms with Gasteiger partial charge in [0.25, 0.3) is 10.0 Å². The maximum absolute atomic E-state index is 13.4. The molecule has 1 aliphatic heterocycles. The minimum absolute atomic E-state index is 0.0703. The lowest BCUT2D eigenvalue weighted by Crippen LogP contribution is -2.47. The summed E-state index contributed by atoms with van der Waals surface area (Å²) in [6.07, 6.45) is -1.28. The zero-order valence-corrected chi connectivity index (χ0v) is 16.2. The van der Waals surface area contributed by atoms with E-state index >= 15 is 0 Å². The highest BCUT2D eigenvalue weighted by molar-refractivity contribution is 7.93. The van der Waals surface area contributed by atoms with Crippen molar-refractivity contribution < 1.29 is 21.9 Å². The Hall–Kier alpha value is -1.90. The number of nitrogens with zero attached hydrogens (tertiary/aromatic N) is 1. The maximum atomic E-state index is 13.4. The van der Waals surface area contributed by atoms with Gasteiger partial charge in [-0.25, -0.2) is 16.8 Å². The van der Waals surface area contributed by atoms with Gasteiger partial charge in [0.1, 0.15) is 0 Å². The SMILES string of the molecule is Cc1ccc(S(=O)(=O)N(c2ccccc2)[C@@H]2CS(=O)(=O)C[C@H]2O)cc1C. The van der Waals surface area contributed by atoms with Crippen LogP contribution in [0, 0.1) is 13.8 Å². The summed E-state index contributed by atoms with van der Waals surface area (Å²) < 4.78 is 51.7. The molecule has 0 bridgehead atoms. The number of sulfone groups is 1. The Bertz CT molecular complexity index is 1020. The monoisotopic (exact) mass is 395 g/mol. The molecule has 1 fully saturated rings. The Kier molecular flexibility index (Phi) is 4.85. The number of sulfonamides is 1. The third-order valence-corrected chi connectivity index (χ3v) is 8.19.